The molecule has 0 atom stereocenters. The summed E-state index contributed by atoms with van der Waals surface area (Å²) in [5.41, 5.74) is 1.77. The number of nitrogens with one attached hydrogen (secondary N) is 1. The van der Waals surface area contributed by atoms with E-state index < -0.39 is 11.4 Å². The lowest BCUT2D eigenvalue weighted by atomic mass is 9.83. The Kier molecular flexibility index (Phi) is 4.75. The van der Waals surface area contributed by atoms with Crippen molar-refractivity contribution in [2.24, 2.45) is 5.41 Å². The van der Waals surface area contributed by atoms with E-state index in [2.05, 4.69) is 50.4 Å². The van der Waals surface area contributed by atoms with Crippen LogP contribution in [0.3, 0.4) is 0 Å². The molecule has 0 unspecified atom stereocenters. The summed E-state index contributed by atoms with van der Waals surface area (Å²) in [7, 11) is 0. The molecule has 2 N–H and O–H groups in total. The van der Waals surface area contributed by atoms with Gasteiger partial charge in [-0.2, -0.15) is 0 Å². The fourth-order valence-corrected chi connectivity index (χ4v) is 1.93. The summed E-state index contributed by atoms with van der Waals surface area (Å²) in [6.07, 6.45) is 0. The van der Waals surface area contributed by atoms with Crippen LogP contribution < -0.4 is 5.32 Å². The van der Waals surface area contributed by atoms with Crippen molar-refractivity contribution in [3.8, 4) is 0 Å². The fourth-order valence-electron chi connectivity index (χ4n) is 1.93. The van der Waals surface area contributed by atoms with Crippen LogP contribution in [0.4, 0.5) is 0 Å². The molecule has 1 aromatic rings. The van der Waals surface area contributed by atoms with E-state index in [-0.39, 0.29) is 5.41 Å². The van der Waals surface area contributed by atoms with E-state index in [4.69, 9.17) is 5.11 Å². The molecule has 0 aromatic heterocycles. The Morgan fingerprint density at radius 2 is 1.84 bits per heavy atom. The Hall–Kier alpha value is -1.35. The van der Waals surface area contributed by atoms with Crippen LogP contribution in [0.25, 0.3) is 0 Å². The molecule has 0 heterocycles. The van der Waals surface area contributed by atoms with Crippen LogP contribution in [0.5, 0.6) is 0 Å². The number of benzene rings is 1. The summed E-state index contributed by atoms with van der Waals surface area (Å²) >= 11 is 0. The van der Waals surface area contributed by atoms with Crippen molar-refractivity contribution in [3.05, 3.63) is 35.4 Å². The Balaban J connectivity index is 2.64. The number of hydrogen-bond donors (Lipinski definition) is 2. The van der Waals surface area contributed by atoms with E-state index in [9.17, 15) is 4.79 Å². The molecule has 0 radical (unpaired) electrons. The van der Waals surface area contributed by atoms with Gasteiger partial charge in [-0.3, -0.25) is 4.79 Å². The van der Waals surface area contributed by atoms with Crippen LogP contribution in [-0.2, 0) is 10.2 Å². The number of carboxylic acids is 1. The normalized spacial score (nSPS) is 12.5. The third-order valence-electron chi connectivity index (χ3n) is 3.51. The lowest BCUT2D eigenvalue weighted by molar-refractivity contribution is -0.146. The van der Waals surface area contributed by atoms with Gasteiger partial charge < -0.3 is 10.4 Å². The van der Waals surface area contributed by atoms with Crippen LogP contribution >= 0.6 is 0 Å². The van der Waals surface area contributed by atoms with Crippen LogP contribution in [0.1, 0.15) is 38.8 Å². The molecule has 0 amide bonds. The molecule has 0 bridgehead atoms. The summed E-state index contributed by atoms with van der Waals surface area (Å²) in [6, 6.07) is 8.45. The molecule has 0 saturated heterocycles. The maximum atomic E-state index is 11.1. The molecule has 19 heavy (non-hydrogen) atoms. The van der Waals surface area contributed by atoms with Crippen molar-refractivity contribution in [1.29, 1.82) is 0 Å². The quantitative estimate of drug-likeness (QED) is 0.829. The molecule has 0 aliphatic heterocycles. The first-order valence-corrected chi connectivity index (χ1v) is 6.66. The maximum Gasteiger partial charge on any atom is 0.310 e. The van der Waals surface area contributed by atoms with E-state index >= 15 is 0 Å². The third-order valence-corrected chi connectivity index (χ3v) is 3.51. The molecular weight excluding hydrogens is 238 g/mol. The van der Waals surface area contributed by atoms with Crippen LogP contribution in [0, 0.1) is 12.3 Å². The lowest BCUT2D eigenvalue weighted by Gasteiger charge is -2.28. The van der Waals surface area contributed by atoms with Crippen molar-refractivity contribution in [1.82, 2.24) is 5.32 Å². The van der Waals surface area contributed by atoms with Gasteiger partial charge in [0.05, 0.1) is 5.41 Å². The topological polar surface area (TPSA) is 49.3 Å². The summed E-state index contributed by atoms with van der Waals surface area (Å²) < 4.78 is 0. The molecule has 0 spiro atoms. The first-order chi connectivity index (χ1) is 8.65. The Morgan fingerprint density at radius 3 is 2.37 bits per heavy atom. The lowest BCUT2D eigenvalue weighted by Crippen LogP contribution is -2.41. The van der Waals surface area contributed by atoms with E-state index in [0.29, 0.717) is 6.54 Å². The van der Waals surface area contributed by atoms with Crippen molar-refractivity contribution in [3.63, 3.8) is 0 Å². The van der Waals surface area contributed by atoms with Crippen molar-refractivity contribution >= 4 is 5.97 Å². The molecule has 0 fully saturated rings. The molecule has 3 nitrogen and oxygen atoms in total. The highest BCUT2D eigenvalue weighted by Gasteiger charge is 2.28. The molecule has 1 rings (SSSR count). The average Bonchev–Trinajstić information content (AvgIpc) is 2.28. The van der Waals surface area contributed by atoms with Gasteiger partial charge >= 0.3 is 5.97 Å². The number of hydrogen-bond acceptors (Lipinski definition) is 2. The zero-order valence-electron chi connectivity index (χ0n) is 12.6. The number of aliphatic carboxylic acids is 1. The number of rotatable bonds is 6. The predicted molar refractivity (Wildman–Crippen MR) is 78.5 cm³/mol. The number of carbonyl (C=O) groups is 1. The summed E-state index contributed by atoms with van der Waals surface area (Å²) in [5.74, 6) is -0.770. The molecular formula is C16H25NO2. The maximum absolute atomic E-state index is 11.1. The molecule has 1 aromatic carbocycles. The van der Waals surface area contributed by atoms with Gasteiger partial charge in [-0.15, -0.1) is 0 Å². The van der Waals surface area contributed by atoms with Crippen molar-refractivity contribution in [2.45, 2.75) is 40.0 Å². The van der Waals surface area contributed by atoms with Gasteiger partial charge in [-0.25, -0.2) is 0 Å². The minimum Gasteiger partial charge on any atom is -0.481 e. The van der Waals surface area contributed by atoms with Gasteiger partial charge in [0, 0.05) is 18.5 Å². The van der Waals surface area contributed by atoms with Gasteiger partial charge in [-0.1, -0.05) is 43.7 Å². The van der Waals surface area contributed by atoms with Crippen LogP contribution in [0.2, 0.25) is 0 Å². The second-order valence-corrected chi connectivity index (χ2v) is 6.55. The van der Waals surface area contributed by atoms with Crippen molar-refractivity contribution in [2.75, 3.05) is 13.1 Å². The summed E-state index contributed by atoms with van der Waals surface area (Å²) in [4.78, 5) is 11.1. The minimum absolute atomic E-state index is 0.0133. The van der Waals surface area contributed by atoms with Crippen LogP contribution in [-0.4, -0.2) is 24.2 Å². The standard InChI is InChI=1S/C16H25NO2/c1-12-7-6-8-13(9-12)15(2,3)10-17-11-16(4,5)14(18)19/h6-9,17H,10-11H2,1-5H3,(H,18,19). The third kappa shape index (κ3) is 4.35. The Labute approximate surface area is 116 Å². The minimum atomic E-state index is -0.770. The first-order valence-electron chi connectivity index (χ1n) is 6.66. The van der Waals surface area contributed by atoms with Gasteiger partial charge in [0.1, 0.15) is 0 Å². The summed E-state index contributed by atoms with van der Waals surface area (Å²) in [5, 5.41) is 12.4. The van der Waals surface area contributed by atoms with Gasteiger partial charge in [0.15, 0.2) is 0 Å². The largest absolute Gasteiger partial charge is 0.481 e. The Bertz CT molecular complexity index is 450. The molecule has 0 saturated carbocycles. The molecule has 3 heteroatoms. The molecule has 0 aliphatic carbocycles. The molecule has 0 aliphatic rings. The number of carboxylic acid groups (broad SMARTS) is 1. The van der Waals surface area contributed by atoms with Gasteiger partial charge in [0.2, 0.25) is 0 Å². The highest BCUT2D eigenvalue weighted by molar-refractivity contribution is 5.73. The van der Waals surface area contributed by atoms with Crippen LogP contribution in [0.15, 0.2) is 24.3 Å². The fraction of sp³-hybridized carbons (Fsp3) is 0.562. The van der Waals surface area contributed by atoms with Crippen molar-refractivity contribution < 1.29 is 9.90 Å². The SMILES string of the molecule is Cc1cccc(C(C)(C)CNCC(C)(C)C(=O)O)c1. The average molecular weight is 263 g/mol. The Morgan fingerprint density at radius 1 is 1.21 bits per heavy atom. The zero-order valence-corrected chi connectivity index (χ0v) is 12.6. The number of aryl methyl sites for hydroxylation is 1. The van der Waals surface area contributed by atoms with Gasteiger partial charge in [0.25, 0.3) is 0 Å². The predicted octanol–water partition coefficient (Wildman–Crippen LogP) is 2.97. The van der Waals surface area contributed by atoms with E-state index in [1.165, 1.54) is 11.1 Å². The summed E-state index contributed by atoms with van der Waals surface area (Å²) in [6.45, 7) is 11.1. The van der Waals surface area contributed by atoms with Gasteiger partial charge in [-0.05, 0) is 26.3 Å². The second-order valence-electron chi connectivity index (χ2n) is 6.55. The van der Waals surface area contributed by atoms with E-state index in [1.807, 2.05) is 0 Å². The first kappa shape index (κ1) is 15.7. The highest BCUT2D eigenvalue weighted by Crippen LogP contribution is 2.23. The second kappa shape index (κ2) is 5.74. The van der Waals surface area contributed by atoms with E-state index in [0.717, 1.165) is 6.54 Å². The van der Waals surface area contributed by atoms with E-state index in [1.54, 1.807) is 13.8 Å². The highest BCUT2D eigenvalue weighted by atomic mass is 16.4. The zero-order chi connectivity index (χ0) is 14.7. The molecule has 106 valence electrons. The monoisotopic (exact) mass is 263 g/mol. The smallest absolute Gasteiger partial charge is 0.310 e.